The Morgan fingerprint density at radius 1 is 1.29 bits per heavy atom. The van der Waals surface area contributed by atoms with E-state index in [-0.39, 0.29) is 19.1 Å². The number of amides is 1. The van der Waals surface area contributed by atoms with Crippen molar-refractivity contribution in [1.29, 1.82) is 0 Å². The Morgan fingerprint density at radius 3 is 2.92 bits per heavy atom. The van der Waals surface area contributed by atoms with Crippen LogP contribution in [0.3, 0.4) is 0 Å². The fourth-order valence-corrected chi connectivity index (χ4v) is 2.53. The Labute approximate surface area is 139 Å². The molecule has 24 heavy (non-hydrogen) atoms. The van der Waals surface area contributed by atoms with Crippen molar-refractivity contribution in [3.63, 3.8) is 0 Å². The minimum atomic E-state index is -0.871. The topological polar surface area (TPSA) is 77.8 Å². The van der Waals surface area contributed by atoms with E-state index in [0.29, 0.717) is 12.2 Å². The third-order valence-corrected chi connectivity index (χ3v) is 3.89. The Hall–Kier alpha value is -2.76. The van der Waals surface area contributed by atoms with Crippen molar-refractivity contribution in [2.24, 2.45) is 5.92 Å². The lowest BCUT2D eigenvalue weighted by atomic mass is 9.97. The molecular formula is C18H19NO5. The van der Waals surface area contributed by atoms with Crippen LogP contribution in [0.15, 0.2) is 47.1 Å². The summed E-state index contributed by atoms with van der Waals surface area (Å²) in [6.07, 6.45) is 1.21. The second-order valence-corrected chi connectivity index (χ2v) is 5.70. The first-order chi connectivity index (χ1) is 11.6. The van der Waals surface area contributed by atoms with Crippen LogP contribution in [0.5, 0.6) is 5.75 Å². The minimum Gasteiger partial charge on any atom is -0.492 e. The zero-order valence-corrected chi connectivity index (χ0v) is 13.4. The van der Waals surface area contributed by atoms with E-state index in [2.05, 4.69) is 5.32 Å². The predicted molar refractivity (Wildman–Crippen MR) is 85.2 cm³/mol. The lowest BCUT2D eigenvalue weighted by Crippen LogP contribution is -2.38. The minimum absolute atomic E-state index is 0.258. The molecule has 1 aromatic carbocycles. The highest BCUT2D eigenvalue weighted by molar-refractivity contribution is 5.84. The number of para-hydroxylation sites is 1. The van der Waals surface area contributed by atoms with E-state index >= 15 is 0 Å². The third kappa shape index (κ3) is 3.76. The van der Waals surface area contributed by atoms with Gasteiger partial charge in [0.1, 0.15) is 18.1 Å². The fraction of sp³-hybridized carbons (Fsp3) is 0.333. The van der Waals surface area contributed by atoms with E-state index in [9.17, 15) is 9.59 Å². The summed E-state index contributed by atoms with van der Waals surface area (Å²) in [6, 6.07) is 11.1. The first-order valence-corrected chi connectivity index (χ1v) is 7.85. The second-order valence-electron chi connectivity index (χ2n) is 5.70. The van der Waals surface area contributed by atoms with Gasteiger partial charge in [-0.25, -0.2) is 0 Å². The Kier molecular flexibility index (Phi) is 4.84. The maximum Gasteiger partial charge on any atom is 0.313 e. The molecule has 1 N–H and O–H groups in total. The van der Waals surface area contributed by atoms with Crippen molar-refractivity contribution >= 4 is 11.9 Å². The van der Waals surface area contributed by atoms with Gasteiger partial charge in [0, 0.05) is 0 Å². The van der Waals surface area contributed by atoms with Gasteiger partial charge in [0.05, 0.1) is 18.7 Å². The highest BCUT2D eigenvalue weighted by Gasteiger charge is 2.29. The molecule has 6 heteroatoms. The number of hydrogen-bond donors (Lipinski definition) is 1. The maximum absolute atomic E-state index is 12.3. The molecule has 1 amide bonds. The molecule has 6 nitrogen and oxygen atoms in total. The van der Waals surface area contributed by atoms with Crippen LogP contribution in [0.2, 0.25) is 0 Å². The zero-order chi connectivity index (χ0) is 16.9. The van der Waals surface area contributed by atoms with Crippen LogP contribution < -0.4 is 10.1 Å². The molecule has 0 fully saturated rings. The van der Waals surface area contributed by atoms with Crippen LogP contribution in [0.4, 0.5) is 0 Å². The molecule has 2 atom stereocenters. The smallest absolute Gasteiger partial charge is 0.313 e. The van der Waals surface area contributed by atoms with E-state index in [1.165, 1.54) is 6.26 Å². The number of rotatable bonds is 5. The van der Waals surface area contributed by atoms with Gasteiger partial charge in [0.15, 0.2) is 6.10 Å². The van der Waals surface area contributed by atoms with Crippen molar-refractivity contribution in [2.45, 2.75) is 26.0 Å². The highest BCUT2D eigenvalue weighted by Crippen LogP contribution is 2.27. The lowest BCUT2D eigenvalue weighted by molar-refractivity contribution is -0.160. The molecule has 2 aromatic rings. The summed E-state index contributed by atoms with van der Waals surface area (Å²) in [6.45, 7) is 2.07. The molecule has 1 aliphatic heterocycles. The van der Waals surface area contributed by atoms with Crippen molar-refractivity contribution < 1.29 is 23.5 Å². The van der Waals surface area contributed by atoms with E-state index in [1.54, 1.807) is 19.1 Å². The molecule has 0 saturated heterocycles. The van der Waals surface area contributed by atoms with Gasteiger partial charge in [-0.05, 0) is 37.1 Å². The molecule has 1 aliphatic rings. The number of nitrogens with one attached hydrogen (secondary N) is 1. The quantitative estimate of drug-likeness (QED) is 0.850. The van der Waals surface area contributed by atoms with Crippen molar-refractivity contribution in [3.05, 3.63) is 54.0 Å². The van der Waals surface area contributed by atoms with Crippen LogP contribution in [0.1, 0.15) is 18.2 Å². The molecule has 2 unspecified atom stereocenters. The molecule has 0 saturated carbocycles. The Morgan fingerprint density at radius 2 is 2.12 bits per heavy atom. The third-order valence-electron chi connectivity index (χ3n) is 3.89. The van der Waals surface area contributed by atoms with Crippen LogP contribution in [-0.2, 0) is 27.3 Å². The predicted octanol–water partition coefficient (Wildman–Crippen LogP) is 2.08. The first kappa shape index (κ1) is 16.1. The number of esters is 1. The number of furan rings is 1. The SMILES string of the molecule is CC(OC(=O)C1COc2ccccc2C1)C(=O)NCc1ccco1. The van der Waals surface area contributed by atoms with Crippen molar-refractivity contribution in [1.82, 2.24) is 5.32 Å². The summed E-state index contributed by atoms with van der Waals surface area (Å²) in [5.74, 6) is 0.243. The van der Waals surface area contributed by atoms with Crippen LogP contribution in [0.25, 0.3) is 0 Å². The summed E-state index contributed by atoms with van der Waals surface area (Å²) >= 11 is 0. The van der Waals surface area contributed by atoms with Crippen LogP contribution in [-0.4, -0.2) is 24.6 Å². The molecule has 0 spiro atoms. The maximum atomic E-state index is 12.3. The van der Waals surface area contributed by atoms with Gasteiger partial charge in [-0.2, -0.15) is 0 Å². The number of fused-ring (bicyclic) bond motifs is 1. The molecule has 0 aliphatic carbocycles. The summed E-state index contributed by atoms with van der Waals surface area (Å²) in [5, 5.41) is 2.67. The van der Waals surface area contributed by atoms with E-state index in [0.717, 1.165) is 11.3 Å². The Balaban J connectivity index is 1.50. The number of carbonyl (C=O) groups excluding carboxylic acids is 2. The van der Waals surface area contributed by atoms with Gasteiger partial charge in [0.25, 0.3) is 5.91 Å². The summed E-state index contributed by atoms with van der Waals surface area (Å²) < 4.78 is 16.0. The normalized spacial score (nSPS) is 17.3. The Bertz CT molecular complexity index is 710. The largest absolute Gasteiger partial charge is 0.492 e. The van der Waals surface area contributed by atoms with Crippen molar-refractivity contribution in [3.8, 4) is 5.75 Å². The van der Waals surface area contributed by atoms with Gasteiger partial charge in [-0.3, -0.25) is 9.59 Å². The number of hydrogen-bond acceptors (Lipinski definition) is 5. The molecule has 2 heterocycles. The monoisotopic (exact) mass is 329 g/mol. The van der Waals surface area contributed by atoms with E-state index in [1.807, 2.05) is 24.3 Å². The number of benzene rings is 1. The molecular weight excluding hydrogens is 310 g/mol. The summed E-state index contributed by atoms with van der Waals surface area (Å²) in [5.41, 5.74) is 0.973. The highest BCUT2D eigenvalue weighted by atomic mass is 16.6. The van der Waals surface area contributed by atoms with Gasteiger partial charge in [0.2, 0.25) is 0 Å². The van der Waals surface area contributed by atoms with E-state index < -0.39 is 18.0 Å². The molecule has 1 aromatic heterocycles. The standard InChI is InChI=1S/C18H19NO5/c1-12(17(20)19-10-15-6-4-8-22-15)24-18(21)14-9-13-5-2-3-7-16(13)23-11-14/h2-8,12,14H,9-11H2,1H3,(H,19,20). The summed E-state index contributed by atoms with van der Waals surface area (Å²) in [4.78, 5) is 24.2. The molecule has 0 bridgehead atoms. The molecule has 3 rings (SSSR count). The van der Waals surface area contributed by atoms with Crippen LogP contribution >= 0.6 is 0 Å². The fourth-order valence-electron chi connectivity index (χ4n) is 2.53. The van der Waals surface area contributed by atoms with Crippen molar-refractivity contribution in [2.75, 3.05) is 6.61 Å². The molecule has 126 valence electrons. The second kappa shape index (κ2) is 7.21. The van der Waals surface area contributed by atoms with Gasteiger partial charge in [-0.15, -0.1) is 0 Å². The average molecular weight is 329 g/mol. The number of ether oxygens (including phenoxy) is 2. The van der Waals surface area contributed by atoms with Gasteiger partial charge < -0.3 is 19.2 Å². The number of carbonyl (C=O) groups is 2. The van der Waals surface area contributed by atoms with Gasteiger partial charge >= 0.3 is 5.97 Å². The summed E-state index contributed by atoms with van der Waals surface area (Å²) in [7, 11) is 0. The molecule has 0 radical (unpaired) electrons. The zero-order valence-electron chi connectivity index (χ0n) is 13.4. The average Bonchev–Trinajstić information content (AvgIpc) is 3.12. The van der Waals surface area contributed by atoms with Gasteiger partial charge in [-0.1, -0.05) is 18.2 Å². The van der Waals surface area contributed by atoms with Crippen LogP contribution in [0, 0.1) is 5.92 Å². The first-order valence-electron chi connectivity index (χ1n) is 7.85. The lowest BCUT2D eigenvalue weighted by Gasteiger charge is -2.25. The van der Waals surface area contributed by atoms with E-state index in [4.69, 9.17) is 13.9 Å².